The summed E-state index contributed by atoms with van der Waals surface area (Å²) in [6, 6.07) is 3.03. The summed E-state index contributed by atoms with van der Waals surface area (Å²) < 4.78 is 0. The summed E-state index contributed by atoms with van der Waals surface area (Å²) in [4.78, 5) is 42.6. The number of nitrogens with zero attached hydrogens (tertiary/aromatic N) is 2. The highest BCUT2D eigenvalue weighted by Crippen LogP contribution is 2.23. The maximum absolute atomic E-state index is 12.7. The molecule has 6 heteroatoms. The average Bonchev–Trinajstić information content (AvgIpc) is 2.47. The molecule has 1 saturated heterocycles. The molecule has 1 N–H and O–H groups in total. The lowest BCUT2D eigenvalue weighted by Gasteiger charge is -2.46. The number of pyridine rings is 1. The van der Waals surface area contributed by atoms with E-state index in [2.05, 4.69) is 4.98 Å². The summed E-state index contributed by atoms with van der Waals surface area (Å²) in [5.41, 5.74) is 0.191. The Kier molecular flexibility index (Phi) is 5.16. The summed E-state index contributed by atoms with van der Waals surface area (Å²) in [5, 5.41) is 0. The number of amides is 2. The van der Waals surface area contributed by atoms with Gasteiger partial charge in [0.2, 0.25) is 17.4 Å². The largest absolute Gasteiger partial charge is 0.338 e. The van der Waals surface area contributed by atoms with Gasteiger partial charge in [0, 0.05) is 42.9 Å². The van der Waals surface area contributed by atoms with E-state index >= 15 is 0 Å². The highest BCUT2D eigenvalue weighted by atomic mass is 16.2. The van der Waals surface area contributed by atoms with Crippen LogP contribution in [0.4, 0.5) is 0 Å². The van der Waals surface area contributed by atoms with Crippen LogP contribution >= 0.6 is 0 Å². The van der Waals surface area contributed by atoms with Crippen LogP contribution in [0.1, 0.15) is 40.2 Å². The minimum absolute atomic E-state index is 0.0184. The predicted molar refractivity (Wildman–Crippen MR) is 92.6 cm³/mol. The first kappa shape index (κ1) is 18.2. The van der Waals surface area contributed by atoms with E-state index in [0.717, 1.165) is 5.56 Å². The Morgan fingerprint density at radius 3 is 2.21 bits per heavy atom. The summed E-state index contributed by atoms with van der Waals surface area (Å²) in [5.74, 6) is 0.138. The van der Waals surface area contributed by atoms with Crippen LogP contribution in [0.15, 0.2) is 23.1 Å². The summed E-state index contributed by atoms with van der Waals surface area (Å²) in [6.07, 6.45) is 1.83. The van der Waals surface area contributed by atoms with Gasteiger partial charge in [-0.2, -0.15) is 0 Å². The normalized spacial score (nSPS) is 21.7. The number of piperazine rings is 1. The third kappa shape index (κ3) is 4.04. The Morgan fingerprint density at radius 1 is 1.17 bits per heavy atom. The second-order valence-corrected chi connectivity index (χ2v) is 7.70. The van der Waals surface area contributed by atoms with Crippen LogP contribution in [0.5, 0.6) is 0 Å². The fourth-order valence-electron chi connectivity index (χ4n) is 3.27. The van der Waals surface area contributed by atoms with Gasteiger partial charge in [-0.1, -0.05) is 26.8 Å². The lowest BCUT2D eigenvalue weighted by molar-refractivity contribution is -0.150. The minimum atomic E-state index is -0.415. The van der Waals surface area contributed by atoms with E-state index in [4.69, 9.17) is 0 Å². The fourth-order valence-corrected chi connectivity index (χ4v) is 3.27. The van der Waals surface area contributed by atoms with E-state index in [1.165, 1.54) is 6.07 Å². The molecule has 2 rings (SSSR count). The number of hydrogen-bond acceptors (Lipinski definition) is 3. The van der Waals surface area contributed by atoms with Gasteiger partial charge in [0.15, 0.2) is 0 Å². The molecule has 2 amide bonds. The van der Waals surface area contributed by atoms with E-state index in [9.17, 15) is 14.4 Å². The van der Waals surface area contributed by atoms with Crippen molar-refractivity contribution in [1.29, 1.82) is 0 Å². The second kappa shape index (κ2) is 6.79. The van der Waals surface area contributed by atoms with Gasteiger partial charge in [-0.05, 0) is 19.4 Å². The van der Waals surface area contributed by atoms with Gasteiger partial charge in [0.05, 0.1) is 6.42 Å². The zero-order valence-corrected chi connectivity index (χ0v) is 15.1. The van der Waals surface area contributed by atoms with E-state index < -0.39 is 5.41 Å². The van der Waals surface area contributed by atoms with Crippen LogP contribution in [0, 0.1) is 5.41 Å². The molecule has 1 fully saturated rings. The Hall–Kier alpha value is -2.11. The van der Waals surface area contributed by atoms with Crippen molar-refractivity contribution in [2.45, 2.75) is 53.1 Å². The Labute approximate surface area is 142 Å². The van der Waals surface area contributed by atoms with Crippen molar-refractivity contribution in [2.75, 3.05) is 13.1 Å². The van der Waals surface area contributed by atoms with Crippen LogP contribution in [-0.4, -0.2) is 51.8 Å². The van der Waals surface area contributed by atoms with Crippen LogP contribution in [-0.2, 0) is 16.0 Å². The number of rotatable bonds is 2. The molecular weight excluding hydrogens is 306 g/mol. The van der Waals surface area contributed by atoms with Crippen molar-refractivity contribution in [3.8, 4) is 0 Å². The first-order valence-corrected chi connectivity index (χ1v) is 8.37. The maximum Gasteiger partial charge on any atom is 0.247 e. The standard InChI is InChI=1S/C18H27N3O3/c1-12-10-20(17(24)18(3,4)5)11-13(2)21(12)16(23)8-14-6-7-15(22)19-9-14/h6-7,9,12-13H,8,10-11H2,1-5H3,(H,19,22)/t12-,13-/m0/s1. The molecule has 0 aliphatic carbocycles. The number of aromatic amines is 1. The van der Waals surface area contributed by atoms with E-state index in [-0.39, 0.29) is 35.9 Å². The Morgan fingerprint density at radius 2 is 1.75 bits per heavy atom. The quantitative estimate of drug-likeness (QED) is 0.889. The van der Waals surface area contributed by atoms with Gasteiger partial charge in [0.25, 0.3) is 0 Å². The number of carbonyl (C=O) groups is 2. The predicted octanol–water partition coefficient (Wildman–Crippen LogP) is 1.41. The van der Waals surface area contributed by atoms with E-state index in [1.54, 1.807) is 12.3 Å². The molecule has 2 atom stereocenters. The van der Waals surface area contributed by atoms with Crippen molar-refractivity contribution >= 4 is 11.8 Å². The first-order chi connectivity index (χ1) is 11.1. The molecule has 0 unspecified atom stereocenters. The molecule has 6 nitrogen and oxygen atoms in total. The van der Waals surface area contributed by atoms with Gasteiger partial charge in [-0.15, -0.1) is 0 Å². The number of aromatic nitrogens is 1. The lowest BCUT2D eigenvalue weighted by atomic mass is 9.93. The van der Waals surface area contributed by atoms with Gasteiger partial charge in [0.1, 0.15) is 0 Å². The van der Waals surface area contributed by atoms with Crippen LogP contribution in [0.25, 0.3) is 0 Å². The third-order valence-electron chi connectivity index (χ3n) is 4.34. The van der Waals surface area contributed by atoms with E-state index in [0.29, 0.717) is 13.1 Å². The number of hydrogen-bond donors (Lipinski definition) is 1. The molecule has 0 saturated carbocycles. The monoisotopic (exact) mass is 333 g/mol. The zero-order chi connectivity index (χ0) is 18.1. The summed E-state index contributed by atoms with van der Waals surface area (Å²) >= 11 is 0. The number of nitrogens with one attached hydrogen (secondary N) is 1. The average molecular weight is 333 g/mol. The zero-order valence-electron chi connectivity index (χ0n) is 15.1. The molecule has 0 radical (unpaired) electrons. The van der Waals surface area contributed by atoms with E-state index in [1.807, 2.05) is 44.4 Å². The van der Waals surface area contributed by atoms with Crippen molar-refractivity contribution in [3.63, 3.8) is 0 Å². The molecule has 1 aromatic heterocycles. The van der Waals surface area contributed by atoms with Crippen molar-refractivity contribution in [2.24, 2.45) is 5.41 Å². The number of H-pyrrole nitrogens is 1. The fraction of sp³-hybridized carbons (Fsp3) is 0.611. The molecule has 132 valence electrons. The van der Waals surface area contributed by atoms with Crippen LogP contribution in [0.2, 0.25) is 0 Å². The molecular formula is C18H27N3O3. The molecule has 0 aromatic carbocycles. The topological polar surface area (TPSA) is 73.5 Å². The Bertz CT molecular complexity index is 642. The SMILES string of the molecule is C[C@H]1CN(C(=O)C(C)(C)C)C[C@H](C)N1C(=O)Cc1ccc(=O)[nH]c1. The second-order valence-electron chi connectivity index (χ2n) is 7.70. The molecule has 1 aliphatic heterocycles. The van der Waals surface area contributed by atoms with Crippen molar-refractivity contribution < 1.29 is 9.59 Å². The molecule has 2 heterocycles. The highest BCUT2D eigenvalue weighted by molar-refractivity contribution is 5.83. The highest BCUT2D eigenvalue weighted by Gasteiger charge is 2.37. The van der Waals surface area contributed by atoms with Gasteiger partial charge >= 0.3 is 0 Å². The van der Waals surface area contributed by atoms with Crippen LogP contribution < -0.4 is 5.56 Å². The molecule has 0 spiro atoms. The molecule has 1 aliphatic rings. The van der Waals surface area contributed by atoms with Gasteiger partial charge < -0.3 is 14.8 Å². The maximum atomic E-state index is 12.7. The summed E-state index contributed by atoms with van der Waals surface area (Å²) in [6.45, 7) is 10.8. The summed E-state index contributed by atoms with van der Waals surface area (Å²) in [7, 11) is 0. The van der Waals surface area contributed by atoms with Gasteiger partial charge in [-0.3, -0.25) is 14.4 Å². The number of carbonyl (C=O) groups excluding carboxylic acids is 2. The molecule has 0 bridgehead atoms. The Balaban J connectivity index is 2.07. The minimum Gasteiger partial charge on any atom is -0.338 e. The van der Waals surface area contributed by atoms with Gasteiger partial charge in [-0.25, -0.2) is 0 Å². The smallest absolute Gasteiger partial charge is 0.247 e. The lowest BCUT2D eigenvalue weighted by Crippen LogP contribution is -2.61. The first-order valence-electron chi connectivity index (χ1n) is 8.37. The van der Waals surface area contributed by atoms with Crippen molar-refractivity contribution in [1.82, 2.24) is 14.8 Å². The van der Waals surface area contributed by atoms with Crippen LogP contribution in [0.3, 0.4) is 0 Å². The molecule has 24 heavy (non-hydrogen) atoms. The molecule has 1 aromatic rings. The third-order valence-corrected chi connectivity index (χ3v) is 4.34. The van der Waals surface area contributed by atoms with Crippen molar-refractivity contribution in [3.05, 3.63) is 34.2 Å².